The lowest BCUT2D eigenvalue weighted by Gasteiger charge is -2.35. The van der Waals surface area contributed by atoms with Gasteiger partial charge in [0.25, 0.3) is 0 Å². The molecule has 4 amide bonds. The van der Waals surface area contributed by atoms with Crippen molar-refractivity contribution >= 4 is 56.9 Å². The molecule has 0 aliphatic heterocycles. The van der Waals surface area contributed by atoms with Crippen molar-refractivity contribution in [2.45, 2.75) is 57.3 Å². The Morgan fingerprint density at radius 1 is 0.615 bits per heavy atom. The zero-order valence-electron chi connectivity index (χ0n) is 36.4. The lowest BCUT2D eigenvalue weighted by molar-refractivity contribution is 0.235. The molecule has 3 unspecified atom stereocenters. The van der Waals surface area contributed by atoms with Gasteiger partial charge in [-0.25, -0.2) is 19.6 Å². The summed E-state index contributed by atoms with van der Waals surface area (Å²) >= 11 is 0. The van der Waals surface area contributed by atoms with Gasteiger partial charge in [0.05, 0.1) is 47.6 Å². The topological polar surface area (TPSA) is 124 Å². The van der Waals surface area contributed by atoms with E-state index in [1.807, 2.05) is 122 Å². The SMILES string of the molecule is COc1ccc(CNC(=O)N(c2ccc3nc(NC4CCc5ccccc54)ccc3c2)N(C(=O)NC(C)c2ccccc2)c2ccc3nc(NC4CCc5ccccc54)ccc3c2)cc1. The van der Waals surface area contributed by atoms with Crippen LogP contribution in [0.3, 0.4) is 0 Å². The lowest BCUT2D eigenvalue weighted by atomic mass is 10.1. The minimum absolute atomic E-state index is 0.176. The van der Waals surface area contributed by atoms with E-state index in [-0.39, 0.29) is 24.7 Å². The van der Waals surface area contributed by atoms with Gasteiger partial charge in [0.2, 0.25) is 0 Å². The highest BCUT2D eigenvalue weighted by Crippen LogP contribution is 2.36. The normalized spacial score (nSPS) is 15.4. The second-order valence-electron chi connectivity index (χ2n) is 16.7. The molecule has 6 aromatic carbocycles. The second kappa shape index (κ2) is 18.1. The molecule has 2 aliphatic rings. The van der Waals surface area contributed by atoms with Crippen molar-refractivity contribution < 1.29 is 14.3 Å². The maximum absolute atomic E-state index is 15.0. The van der Waals surface area contributed by atoms with Crippen molar-refractivity contribution in [3.8, 4) is 5.75 Å². The highest BCUT2D eigenvalue weighted by Gasteiger charge is 2.32. The molecule has 0 fully saturated rings. The third-order valence-corrected chi connectivity index (χ3v) is 12.6. The fourth-order valence-electron chi connectivity index (χ4n) is 9.14. The number of aryl methyl sites for hydroxylation is 2. The number of nitrogens with zero attached hydrogens (tertiary/aromatic N) is 4. The van der Waals surface area contributed by atoms with Gasteiger partial charge < -0.3 is 26.0 Å². The molecule has 0 saturated heterocycles. The largest absolute Gasteiger partial charge is 0.497 e. The number of fused-ring (bicyclic) bond motifs is 4. The Hall–Kier alpha value is -7.92. The number of urea groups is 2. The summed E-state index contributed by atoms with van der Waals surface area (Å²) in [5, 5.41) is 18.0. The Kier molecular flexibility index (Phi) is 11.4. The molecule has 2 aliphatic carbocycles. The summed E-state index contributed by atoms with van der Waals surface area (Å²) in [5.41, 5.74) is 9.56. The van der Waals surface area contributed by atoms with Crippen molar-refractivity contribution in [1.82, 2.24) is 20.6 Å². The van der Waals surface area contributed by atoms with E-state index in [2.05, 4.69) is 69.8 Å². The third-order valence-electron chi connectivity index (χ3n) is 12.6. The predicted octanol–water partition coefficient (Wildman–Crippen LogP) is 11.6. The molecule has 2 heterocycles. The van der Waals surface area contributed by atoms with Crippen LogP contribution in [0, 0.1) is 0 Å². The van der Waals surface area contributed by atoms with Crippen molar-refractivity contribution in [2.24, 2.45) is 0 Å². The summed E-state index contributed by atoms with van der Waals surface area (Å²) < 4.78 is 5.37. The number of ether oxygens (including phenoxy) is 1. The molecule has 0 saturated carbocycles. The molecule has 2 aromatic heterocycles. The molecular formula is C54H50N8O3. The van der Waals surface area contributed by atoms with E-state index in [9.17, 15) is 9.59 Å². The molecule has 11 nitrogen and oxygen atoms in total. The van der Waals surface area contributed by atoms with Gasteiger partial charge in [0.1, 0.15) is 17.4 Å². The smallest absolute Gasteiger partial charge is 0.341 e. The molecule has 11 heteroatoms. The van der Waals surface area contributed by atoms with E-state index in [1.54, 1.807) is 7.11 Å². The summed E-state index contributed by atoms with van der Waals surface area (Å²) in [6.07, 6.45) is 4.05. The average Bonchev–Trinajstić information content (AvgIpc) is 3.96. The predicted molar refractivity (Wildman–Crippen MR) is 259 cm³/mol. The van der Waals surface area contributed by atoms with Crippen LogP contribution in [0.4, 0.5) is 32.6 Å². The number of pyridine rings is 2. The van der Waals surface area contributed by atoms with Crippen molar-refractivity contribution in [1.29, 1.82) is 0 Å². The number of benzene rings is 6. The van der Waals surface area contributed by atoms with Gasteiger partial charge >= 0.3 is 12.1 Å². The van der Waals surface area contributed by atoms with Gasteiger partial charge in [-0.1, -0.05) is 91.0 Å². The Bertz CT molecular complexity index is 3020. The molecule has 0 spiro atoms. The quantitative estimate of drug-likeness (QED) is 0.0955. The monoisotopic (exact) mass is 858 g/mol. The molecule has 0 bridgehead atoms. The number of carbonyl (C=O) groups excluding carboxylic acids is 2. The molecule has 3 atom stereocenters. The standard InChI is InChI=1S/C54H50N8O3/c1-35(37-10-4-3-5-11-37)56-54(64)62(43-23-29-48-41(33-43)21-31-52(58-48)60-50-27-19-39-13-7-9-15-46(39)50)61(53(63)55-34-36-16-24-44(65-2)25-17-36)42-22-28-47-40(32-42)20-30-51(57-47)59-49-26-18-38-12-6-8-14-45(38)49/h3-17,20-25,28-33,35,49-50H,18-19,26-27,34H2,1-2H3,(H,55,63)(H,56,64)(H,57,59)(H,58,60). The number of nitrogens with one attached hydrogen (secondary N) is 4. The number of hydrogen-bond acceptors (Lipinski definition) is 7. The van der Waals surface area contributed by atoms with Crippen molar-refractivity contribution in [3.05, 3.63) is 197 Å². The Morgan fingerprint density at radius 2 is 1.14 bits per heavy atom. The van der Waals surface area contributed by atoms with E-state index in [0.29, 0.717) is 17.1 Å². The molecule has 324 valence electrons. The summed E-state index contributed by atoms with van der Waals surface area (Å²) in [4.78, 5) is 39.8. The average molecular weight is 859 g/mol. The van der Waals surface area contributed by atoms with E-state index >= 15 is 0 Å². The minimum Gasteiger partial charge on any atom is -0.497 e. The van der Waals surface area contributed by atoms with Gasteiger partial charge in [-0.15, -0.1) is 0 Å². The minimum atomic E-state index is -0.511. The number of carbonyl (C=O) groups is 2. The van der Waals surface area contributed by atoms with E-state index in [0.717, 1.165) is 70.3 Å². The second-order valence-corrected chi connectivity index (χ2v) is 16.7. The third kappa shape index (κ3) is 8.73. The van der Waals surface area contributed by atoms with Crippen LogP contribution in [0.25, 0.3) is 21.8 Å². The summed E-state index contributed by atoms with van der Waals surface area (Å²) in [5.74, 6) is 2.26. The van der Waals surface area contributed by atoms with E-state index in [1.165, 1.54) is 32.3 Å². The molecular weight excluding hydrogens is 809 g/mol. The number of amides is 4. The number of hydrogen-bond donors (Lipinski definition) is 4. The van der Waals surface area contributed by atoms with Gasteiger partial charge in [-0.2, -0.15) is 10.0 Å². The van der Waals surface area contributed by atoms with Crippen LogP contribution in [-0.4, -0.2) is 29.1 Å². The van der Waals surface area contributed by atoms with E-state index in [4.69, 9.17) is 14.7 Å². The zero-order chi connectivity index (χ0) is 44.3. The number of methoxy groups -OCH3 is 1. The highest BCUT2D eigenvalue weighted by atomic mass is 16.5. The van der Waals surface area contributed by atoms with Crippen LogP contribution in [0.1, 0.15) is 71.3 Å². The highest BCUT2D eigenvalue weighted by molar-refractivity contribution is 6.07. The fraction of sp³-hybridized carbons (Fsp3) is 0.185. The maximum Gasteiger partial charge on any atom is 0.341 e. The van der Waals surface area contributed by atoms with Crippen LogP contribution >= 0.6 is 0 Å². The number of aromatic nitrogens is 2. The summed E-state index contributed by atoms with van der Waals surface area (Å²) in [7, 11) is 1.62. The number of hydrazine groups is 1. The van der Waals surface area contributed by atoms with Crippen LogP contribution in [0.15, 0.2) is 164 Å². The first-order valence-corrected chi connectivity index (χ1v) is 22.2. The van der Waals surface area contributed by atoms with Crippen LogP contribution in [-0.2, 0) is 19.4 Å². The zero-order valence-corrected chi connectivity index (χ0v) is 36.4. The van der Waals surface area contributed by atoms with Crippen LogP contribution < -0.4 is 36.0 Å². The Balaban J connectivity index is 1.01. The summed E-state index contributed by atoms with van der Waals surface area (Å²) in [6, 6.07) is 52.5. The van der Waals surface area contributed by atoms with Gasteiger partial charge in [0, 0.05) is 17.3 Å². The Labute approximate surface area is 378 Å². The van der Waals surface area contributed by atoms with E-state index < -0.39 is 12.1 Å². The number of rotatable bonds is 11. The fourth-order valence-corrected chi connectivity index (χ4v) is 9.14. The molecule has 65 heavy (non-hydrogen) atoms. The van der Waals surface area contributed by atoms with Gasteiger partial charge in [-0.3, -0.25) is 0 Å². The first-order valence-electron chi connectivity index (χ1n) is 22.2. The van der Waals surface area contributed by atoms with Crippen LogP contribution in [0.2, 0.25) is 0 Å². The Morgan fingerprint density at radius 3 is 1.69 bits per heavy atom. The first kappa shape index (κ1) is 41.1. The summed E-state index contributed by atoms with van der Waals surface area (Å²) in [6.45, 7) is 2.13. The van der Waals surface area contributed by atoms with Crippen molar-refractivity contribution in [2.75, 3.05) is 27.8 Å². The van der Waals surface area contributed by atoms with Gasteiger partial charge in [0.15, 0.2) is 0 Å². The number of anilines is 4. The maximum atomic E-state index is 15.0. The first-order chi connectivity index (χ1) is 31.9. The molecule has 8 aromatic rings. The van der Waals surface area contributed by atoms with Crippen molar-refractivity contribution in [3.63, 3.8) is 0 Å². The molecule has 10 rings (SSSR count). The van der Waals surface area contributed by atoms with Crippen LogP contribution in [0.5, 0.6) is 5.75 Å². The molecule has 4 N–H and O–H groups in total. The van der Waals surface area contributed by atoms with Gasteiger partial charge in [-0.05, 0) is 139 Å². The molecule has 0 radical (unpaired) electrons. The lowest BCUT2D eigenvalue weighted by Crippen LogP contribution is -2.57.